The Morgan fingerprint density at radius 2 is 1.90 bits per heavy atom. The van der Waals surface area contributed by atoms with Crippen LogP contribution in [-0.2, 0) is 11.3 Å². The highest BCUT2D eigenvalue weighted by molar-refractivity contribution is 6.29. The van der Waals surface area contributed by atoms with E-state index in [1.807, 2.05) is 48.1 Å². The molecule has 158 valence electrons. The highest BCUT2D eigenvalue weighted by Crippen LogP contribution is 2.32. The van der Waals surface area contributed by atoms with Crippen molar-refractivity contribution in [3.63, 3.8) is 0 Å². The van der Waals surface area contributed by atoms with Gasteiger partial charge in [-0.25, -0.2) is 9.36 Å². The Labute approximate surface area is 179 Å². The van der Waals surface area contributed by atoms with Gasteiger partial charge in [0.1, 0.15) is 17.0 Å². The van der Waals surface area contributed by atoms with Gasteiger partial charge in [-0.15, -0.1) is 0 Å². The summed E-state index contributed by atoms with van der Waals surface area (Å²) in [4.78, 5) is 44.3. The number of esters is 1. The summed E-state index contributed by atoms with van der Waals surface area (Å²) >= 11 is 0. The van der Waals surface area contributed by atoms with Crippen molar-refractivity contribution in [2.75, 3.05) is 25.6 Å². The van der Waals surface area contributed by atoms with Gasteiger partial charge in [-0.2, -0.15) is 0 Å². The standard InChI is InChI=1S/C23H22N3O5/c1-14-17(18-21(28)19-16(6-4-9-24-19)20(27)22(18)31-14)23(29)30-13-5-10-26-11-7-15(8-12-26)25(2)3/h4,6-9,11-12H,5,10,13H2,1-3H3/q+1. The number of furan rings is 1. The molecule has 4 rings (SSSR count). The molecule has 8 nitrogen and oxygen atoms in total. The summed E-state index contributed by atoms with van der Waals surface area (Å²) in [7, 11) is 3.95. The maximum atomic E-state index is 12.9. The summed E-state index contributed by atoms with van der Waals surface area (Å²) in [6, 6.07) is 7.10. The predicted octanol–water partition coefficient (Wildman–Crippen LogP) is 2.36. The van der Waals surface area contributed by atoms with E-state index < -0.39 is 17.5 Å². The van der Waals surface area contributed by atoms with E-state index in [0.717, 1.165) is 5.69 Å². The van der Waals surface area contributed by atoms with Crippen molar-refractivity contribution in [2.45, 2.75) is 19.9 Å². The molecule has 0 bridgehead atoms. The van der Waals surface area contributed by atoms with Gasteiger partial charge < -0.3 is 14.1 Å². The molecular formula is C23H22N3O5+. The van der Waals surface area contributed by atoms with E-state index in [1.165, 1.54) is 19.2 Å². The highest BCUT2D eigenvalue weighted by atomic mass is 16.5. The van der Waals surface area contributed by atoms with Gasteiger partial charge in [0.2, 0.25) is 11.6 Å². The first-order chi connectivity index (χ1) is 14.9. The van der Waals surface area contributed by atoms with Crippen molar-refractivity contribution < 1.29 is 28.1 Å². The van der Waals surface area contributed by atoms with Crippen LogP contribution in [0.1, 0.15) is 54.7 Å². The molecule has 3 heterocycles. The summed E-state index contributed by atoms with van der Waals surface area (Å²) in [6.45, 7) is 2.37. The van der Waals surface area contributed by atoms with Crippen LogP contribution in [0.4, 0.5) is 5.69 Å². The van der Waals surface area contributed by atoms with E-state index in [-0.39, 0.29) is 40.5 Å². The molecule has 31 heavy (non-hydrogen) atoms. The van der Waals surface area contributed by atoms with Gasteiger partial charge in [0, 0.05) is 44.5 Å². The fourth-order valence-corrected chi connectivity index (χ4v) is 3.56. The third-order valence-electron chi connectivity index (χ3n) is 5.17. The Morgan fingerprint density at radius 3 is 2.61 bits per heavy atom. The van der Waals surface area contributed by atoms with Crippen molar-refractivity contribution in [1.82, 2.24) is 4.98 Å². The maximum Gasteiger partial charge on any atom is 0.342 e. The average molecular weight is 420 g/mol. The lowest BCUT2D eigenvalue weighted by Gasteiger charge is -2.12. The smallest absolute Gasteiger partial charge is 0.342 e. The zero-order valence-electron chi connectivity index (χ0n) is 17.5. The molecule has 0 unspecified atom stereocenters. The number of ether oxygens (including phenoxy) is 1. The molecule has 0 amide bonds. The first kappa shape index (κ1) is 20.5. The Kier molecular flexibility index (Phi) is 5.37. The summed E-state index contributed by atoms with van der Waals surface area (Å²) in [5.41, 5.74) is 1.22. The van der Waals surface area contributed by atoms with E-state index >= 15 is 0 Å². The van der Waals surface area contributed by atoms with Gasteiger partial charge in [0.05, 0.1) is 17.7 Å². The number of anilines is 1. The number of rotatable bonds is 6. The SMILES string of the molecule is Cc1oc2c(c1C(=O)OCCC[n+]1ccc(N(C)C)cc1)C(=O)c1ncccc1C2=O. The molecule has 3 aromatic heterocycles. The third-order valence-corrected chi connectivity index (χ3v) is 5.17. The van der Waals surface area contributed by atoms with Crippen LogP contribution in [0.2, 0.25) is 0 Å². The molecule has 0 saturated carbocycles. The molecular weight excluding hydrogens is 398 g/mol. The van der Waals surface area contributed by atoms with Crippen molar-refractivity contribution in [3.8, 4) is 0 Å². The second kappa shape index (κ2) is 8.14. The normalized spacial score (nSPS) is 12.4. The monoisotopic (exact) mass is 420 g/mol. The summed E-state index contributed by atoms with van der Waals surface area (Å²) in [5, 5.41) is 0. The Balaban J connectivity index is 1.45. The molecule has 0 N–H and O–H groups in total. The van der Waals surface area contributed by atoms with Gasteiger partial charge in [0.15, 0.2) is 24.7 Å². The van der Waals surface area contributed by atoms with Crippen molar-refractivity contribution in [2.24, 2.45) is 0 Å². The average Bonchev–Trinajstić information content (AvgIpc) is 3.13. The van der Waals surface area contributed by atoms with E-state index in [4.69, 9.17) is 9.15 Å². The number of carbonyl (C=O) groups excluding carboxylic acids is 3. The number of pyridine rings is 2. The predicted molar refractivity (Wildman–Crippen MR) is 110 cm³/mol. The minimum absolute atomic E-state index is 0.00681. The quantitative estimate of drug-likeness (QED) is 0.269. The minimum atomic E-state index is -0.684. The molecule has 8 heteroatoms. The van der Waals surface area contributed by atoms with Crippen molar-refractivity contribution in [3.05, 3.63) is 76.8 Å². The Bertz CT molecular complexity index is 1180. The third kappa shape index (κ3) is 3.72. The van der Waals surface area contributed by atoms with Gasteiger partial charge in [0.25, 0.3) is 0 Å². The lowest BCUT2D eigenvalue weighted by Crippen LogP contribution is -2.33. The lowest BCUT2D eigenvalue weighted by molar-refractivity contribution is -0.697. The fourth-order valence-electron chi connectivity index (χ4n) is 3.56. The zero-order chi connectivity index (χ0) is 22.1. The highest BCUT2D eigenvalue weighted by Gasteiger charge is 2.39. The number of aryl methyl sites for hydroxylation is 2. The van der Waals surface area contributed by atoms with Crippen LogP contribution in [0.3, 0.4) is 0 Å². The van der Waals surface area contributed by atoms with Crippen LogP contribution in [0.25, 0.3) is 0 Å². The zero-order valence-corrected chi connectivity index (χ0v) is 17.5. The number of hydrogen-bond donors (Lipinski definition) is 0. The molecule has 1 aliphatic carbocycles. The lowest BCUT2D eigenvalue weighted by atomic mass is 9.90. The number of hydrogen-bond acceptors (Lipinski definition) is 7. The van der Waals surface area contributed by atoms with Crippen LogP contribution in [0.15, 0.2) is 47.3 Å². The molecule has 0 saturated heterocycles. The van der Waals surface area contributed by atoms with E-state index in [0.29, 0.717) is 13.0 Å². The molecule has 0 aliphatic heterocycles. The van der Waals surface area contributed by atoms with E-state index in [1.54, 1.807) is 6.07 Å². The van der Waals surface area contributed by atoms with Gasteiger partial charge in [-0.05, 0) is 19.1 Å². The topological polar surface area (TPSA) is 93.6 Å². The van der Waals surface area contributed by atoms with Gasteiger partial charge >= 0.3 is 5.97 Å². The van der Waals surface area contributed by atoms with Crippen LogP contribution >= 0.6 is 0 Å². The van der Waals surface area contributed by atoms with Gasteiger partial charge in [-0.3, -0.25) is 14.6 Å². The van der Waals surface area contributed by atoms with Crippen LogP contribution < -0.4 is 9.47 Å². The number of fused-ring (bicyclic) bond motifs is 2. The van der Waals surface area contributed by atoms with Crippen molar-refractivity contribution in [1.29, 1.82) is 0 Å². The molecule has 0 radical (unpaired) electrons. The molecule has 0 aromatic carbocycles. The van der Waals surface area contributed by atoms with E-state index in [9.17, 15) is 14.4 Å². The number of aromatic nitrogens is 2. The summed E-state index contributed by atoms with van der Waals surface area (Å²) in [5.74, 6) is -1.61. The number of ketones is 2. The fraction of sp³-hybridized carbons (Fsp3) is 0.261. The second-order valence-corrected chi connectivity index (χ2v) is 7.47. The van der Waals surface area contributed by atoms with Crippen LogP contribution in [0.5, 0.6) is 0 Å². The summed E-state index contributed by atoms with van der Waals surface area (Å²) in [6.07, 6.45) is 5.95. The number of nitrogens with zero attached hydrogens (tertiary/aromatic N) is 3. The van der Waals surface area contributed by atoms with E-state index in [2.05, 4.69) is 4.98 Å². The summed E-state index contributed by atoms with van der Waals surface area (Å²) < 4.78 is 12.9. The molecule has 0 atom stereocenters. The van der Waals surface area contributed by atoms with Crippen molar-refractivity contribution >= 4 is 23.2 Å². The first-order valence-electron chi connectivity index (χ1n) is 9.90. The van der Waals surface area contributed by atoms with Gasteiger partial charge in [-0.1, -0.05) is 0 Å². The maximum absolute atomic E-state index is 12.9. The van der Waals surface area contributed by atoms with Crippen LogP contribution in [-0.4, -0.2) is 43.2 Å². The van der Waals surface area contributed by atoms with Crippen LogP contribution in [0, 0.1) is 6.92 Å². The number of carbonyl (C=O) groups is 3. The Morgan fingerprint density at radius 1 is 1.16 bits per heavy atom. The minimum Gasteiger partial charge on any atom is -0.462 e. The Hall–Kier alpha value is -3.81. The molecule has 1 aliphatic rings. The largest absolute Gasteiger partial charge is 0.462 e. The molecule has 3 aromatic rings. The molecule has 0 fully saturated rings. The second-order valence-electron chi connectivity index (χ2n) is 7.47. The molecule has 0 spiro atoms. The first-order valence-corrected chi connectivity index (χ1v) is 9.90.